The zero-order valence-corrected chi connectivity index (χ0v) is 14.1. The van der Waals surface area contributed by atoms with Gasteiger partial charge in [-0.25, -0.2) is 0 Å². The average molecular weight is 348 g/mol. The molecule has 0 saturated carbocycles. The molecule has 2 aliphatic heterocycles. The number of carbonyl (C=O) groups excluding carboxylic acids is 3. The minimum Gasteiger partial charge on any atom is -0.330 e. The third kappa shape index (κ3) is 2.16. The van der Waals surface area contributed by atoms with Gasteiger partial charge in [0, 0.05) is 18.6 Å². The Morgan fingerprint density at radius 1 is 0.846 bits per heavy atom. The fourth-order valence-corrected chi connectivity index (χ4v) is 3.68. The van der Waals surface area contributed by atoms with Crippen molar-refractivity contribution in [1.29, 1.82) is 0 Å². The first-order valence-electron chi connectivity index (χ1n) is 8.49. The summed E-state index contributed by atoms with van der Waals surface area (Å²) >= 11 is 0. The second-order valence-corrected chi connectivity index (χ2v) is 6.36. The van der Waals surface area contributed by atoms with Gasteiger partial charge in [0.2, 0.25) is 0 Å². The van der Waals surface area contributed by atoms with Crippen molar-refractivity contribution in [3.8, 4) is 0 Å². The number of rotatable bonds is 4. The van der Waals surface area contributed by atoms with Crippen LogP contribution in [0.5, 0.6) is 0 Å². The Balaban J connectivity index is 1.93. The number of allylic oxidation sites excluding steroid dienone is 1. The highest BCUT2D eigenvalue weighted by molar-refractivity contribution is 6.22. The maximum Gasteiger partial charge on any atom is 0.308 e. The van der Waals surface area contributed by atoms with E-state index in [-0.39, 0.29) is 22.2 Å². The molecular weight excluding hydrogens is 330 g/mol. The molecular formula is C20H18N3O3+. The quantitative estimate of drug-likeness (QED) is 0.679. The standard InChI is InChI=1S/C20H18N3O3/c21-11-5-12-23(13-10-18(24)16-8-3-4-9-17(16)23)22-19(25)14-6-1-2-7-15(14)20(22)26/h1-4,6-10,13H,5,11-12,21H2/q+1. The van der Waals surface area contributed by atoms with E-state index in [4.69, 9.17) is 5.73 Å². The molecule has 2 aromatic rings. The Bertz CT molecular complexity index is 931. The van der Waals surface area contributed by atoms with E-state index in [1.54, 1.807) is 54.7 Å². The number of benzene rings is 2. The monoisotopic (exact) mass is 348 g/mol. The maximum atomic E-state index is 13.1. The second kappa shape index (κ2) is 6.01. The molecule has 0 radical (unpaired) electrons. The minimum atomic E-state index is -0.364. The van der Waals surface area contributed by atoms with Crippen molar-refractivity contribution < 1.29 is 14.4 Å². The molecule has 2 heterocycles. The van der Waals surface area contributed by atoms with E-state index >= 15 is 0 Å². The Morgan fingerprint density at radius 2 is 1.42 bits per heavy atom. The van der Waals surface area contributed by atoms with Crippen LogP contribution in [0.15, 0.2) is 60.8 Å². The van der Waals surface area contributed by atoms with E-state index in [9.17, 15) is 14.4 Å². The molecule has 6 heteroatoms. The first-order valence-corrected chi connectivity index (χ1v) is 8.49. The Labute approximate surface area is 150 Å². The number of para-hydroxylation sites is 1. The lowest BCUT2D eigenvalue weighted by atomic mass is 10.0. The Hall–Kier alpha value is -3.09. The SMILES string of the molecule is NCCC[N+]1(N2C(=O)c3ccccc3C2=O)C=CC(=O)c2ccccc21. The van der Waals surface area contributed by atoms with Crippen LogP contribution in [0.2, 0.25) is 0 Å². The van der Waals surface area contributed by atoms with E-state index in [1.807, 2.05) is 0 Å². The molecule has 0 saturated heterocycles. The van der Waals surface area contributed by atoms with Crippen molar-refractivity contribution in [2.75, 3.05) is 13.1 Å². The van der Waals surface area contributed by atoms with E-state index < -0.39 is 0 Å². The molecule has 1 atom stereocenters. The summed E-state index contributed by atoms with van der Waals surface area (Å²) in [5.74, 6) is -0.869. The van der Waals surface area contributed by atoms with Crippen molar-refractivity contribution >= 4 is 23.3 Å². The van der Waals surface area contributed by atoms with Crippen LogP contribution in [0, 0.1) is 0 Å². The van der Waals surface area contributed by atoms with Crippen molar-refractivity contribution in [1.82, 2.24) is 9.60 Å². The van der Waals surface area contributed by atoms with Gasteiger partial charge in [0.1, 0.15) is 12.7 Å². The fourth-order valence-electron chi connectivity index (χ4n) is 3.68. The molecule has 0 fully saturated rings. The van der Waals surface area contributed by atoms with Crippen molar-refractivity contribution in [2.45, 2.75) is 6.42 Å². The van der Waals surface area contributed by atoms with Gasteiger partial charge in [0.05, 0.1) is 16.7 Å². The smallest absolute Gasteiger partial charge is 0.308 e. The largest absolute Gasteiger partial charge is 0.330 e. The van der Waals surface area contributed by atoms with E-state index in [0.29, 0.717) is 41.9 Å². The molecule has 4 rings (SSSR count). The summed E-state index contributed by atoms with van der Waals surface area (Å²) in [6, 6.07) is 13.9. The van der Waals surface area contributed by atoms with Crippen LogP contribution >= 0.6 is 0 Å². The number of fused-ring (bicyclic) bond motifs is 2. The molecule has 2 N–H and O–H groups in total. The molecule has 2 aliphatic rings. The number of imide groups is 1. The zero-order chi connectivity index (χ0) is 18.3. The highest BCUT2D eigenvalue weighted by Gasteiger charge is 2.52. The van der Waals surface area contributed by atoms with E-state index in [2.05, 4.69) is 0 Å². The van der Waals surface area contributed by atoms with Gasteiger partial charge in [-0.15, -0.1) is 5.01 Å². The molecule has 1 unspecified atom stereocenters. The lowest BCUT2D eigenvalue weighted by molar-refractivity contribution is 0.0230. The van der Waals surface area contributed by atoms with Gasteiger partial charge >= 0.3 is 11.8 Å². The van der Waals surface area contributed by atoms with Crippen molar-refractivity contribution in [3.05, 3.63) is 77.5 Å². The number of carbonyl (C=O) groups is 3. The van der Waals surface area contributed by atoms with Crippen LogP contribution in [0.3, 0.4) is 0 Å². The second-order valence-electron chi connectivity index (χ2n) is 6.36. The average Bonchev–Trinajstić information content (AvgIpc) is 2.94. The summed E-state index contributed by atoms with van der Waals surface area (Å²) in [4.78, 5) is 38.5. The number of amides is 2. The number of quaternary nitrogens is 1. The van der Waals surface area contributed by atoms with Gasteiger partial charge < -0.3 is 5.73 Å². The van der Waals surface area contributed by atoms with E-state index in [1.165, 1.54) is 11.1 Å². The third-order valence-electron chi connectivity index (χ3n) is 4.89. The number of hydrogen-bond acceptors (Lipinski definition) is 4. The number of nitrogens with zero attached hydrogens (tertiary/aromatic N) is 2. The van der Waals surface area contributed by atoms with Gasteiger partial charge in [-0.3, -0.25) is 14.4 Å². The predicted octanol–water partition coefficient (Wildman–Crippen LogP) is 2.26. The Morgan fingerprint density at radius 3 is 2.04 bits per heavy atom. The summed E-state index contributed by atoms with van der Waals surface area (Å²) in [5, 5.41) is 1.24. The molecule has 130 valence electrons. The first kappa shape index (κ1) is 16.4. The summed E-state index contributed by atoms with van der Waals surface area (Å²) in [7, 11) is 0. The number of hydrogen-bond donors (Lipinski definition) is 1. The predicted molar refractivity (Wildman–Crippen MR) is 97.2 cm³/mol. The molecule has 0 spiro atoms. The fraction of sp³-hybridized carbons (Fsp3) is 0.150. The maximum absolute atomic E-state index is 13.1. The van der Waals surface area contributed by atoms with Gasteiger partial charge in [-0.05, 0) is 24.7 Å². The molecule has 2 amide bonds. The van der Waals surface area contributed by atoms with Crippen LogP contribution in [0.4, 0.5) is 5.69 Å². The lowest BCUT2D eigenvalue weighted by Crippen LogP contribution is -2.62. The topological polar surface area (TPSA) is 80.5 Å². The highest BCUT2D eigenvalue weighted by atomic mass is 16.2. The van der Waals surface area contributed by atoms with Crippen LogP contribution < -0.4 is 10.3 Å². The van der Waals surface area contributed by atoms with Gasteiger partial charge in [-0.1, -0.05) is 24.3 Å². The first-order chi connectivity index (χ1) is 12.6. The van der Waals surface area contributed by atoms with Gasteiger partial charge in [-0.2, -0.15) is 4.59 Å². The molecule has 0 aliphatic carbocycles. The number of ketones is 1. The molecule has 0 bridgehead atoms. The molecule has 6 nitrogen and oxygen atoms in total. The lowest BCUT2D eigenvalue weighted by Gasteiger charge is -2.40. The summed E-state index contributed by atoms with van der Waals surface area (Å²) in [6.45, 7) is 0.815. The van der Waals surface area contributed by atoms with E-state index in [0.717, 1.165) is 0 Å². The summed E-state index contributed by atoms with van der Waals surface area (Å²) in [5.41, 5.74) is 7.58. The van der Waals surface area contributed by atoms with Crippen LogP contribution in [0.25, 0.3) is 0 Å². The molecule has 0 aromatic heterocycles. The minimum absolute atomic E-state index is 0.140. The Kier molecular flexibility index (Phi) is 3.79. The highest BCUT2D eigenvalue weighted by Crippen LogP contribution is 2.39. The molecule has 26 heavy (non-hydrogen) atoms. The zero-order valence-electron chi connectivity index (χ0n) is 14.1. The third-order valence-corrected chi connectivity index (χ3v) is 4.89. The number of nitrogens with two attached hydrogens (primary N) is 1. The van der Waals surface area contributed by atoms with Gasteiger partial charge in [0.15, 0.2) is 11.5 Å². The van der Waals surface area contributed by atoms with Crippen LogP contribution in [-0.2, 0) is 0 Å². The van der Waals surface area contributed by atoms with Crippen LogP contribution in [-0.4, -0.2) is 35.7 Å². The van der Waals surface area contributed by atoms with Gasteiger partial charge in [0.25, 0.3) is 0 Å². The van der Waals surface area contributed by atoms with Crippen LogP contribution in [0.1, 0.15) is 37.5 Å². The summed E-state index contributed by atoms with van der Waals surface area (Å²) < 4.78 is -0.147. The van der Waals surface area contributed by atoms with Crippen molar-refractivity contribution in [3.63, 3.8) is 0 Å². The summed E-state index contributed by atoms with van der Waals surface area (Å²) in [6.07, 6.45) is 3.64. The normalized spacial score (nSPS) is 21.1. The van der Waals surface area contributed by atoms with Crippen molar-refractivity contribution in [2.24, 2.45) is 5.73 Å². The molecule has 2 aromatic carbocycles.